The summed E-state index contributed by atoms with van der Waals surface area (Å²) < 4.78 is 1.71. The number of amides is 1. The first kappa shape index (κ1) is 16.4. The smallest absolute Gasteiger partial charge is 0.290 e. The van der Waals surface area contributed by atoms with Gasteiger partial charge in [0.2, 0.25) is 0 Å². The maximum atomic E-state index is 12.2. The second-order valence-corrected chi connectivity index (χ2v) is 4.02. The van der Waals surface area contributed by atoms with Crippen LogP contribution in [0.25, 0.3) is 0 Å². The molecule has 3 N–H and O–H groups in total. The van der Waals surface area contributed by atoms with E-state index < -0.39 is 0 Å². The maximum absolute atomic E-state index is 12.2. The molecule has 0 bridgehead atoms. The van der Waals surface area contributed by atoms with Gasteiger partial charge in [0.05, 0.1) is 19.5 Å². The molecule has 1 amide bonds. The van der Waals surface area contributed by atoms with Gasteiger partial charge in [-0.3, -0.25) is 9.59 Å². The van der Waals surface area contributed by atoms with Crippen LogP contribution in [0, 0.1) is 0 Å². The van der Waals surface area contributed by atoms with E-state index in [1.165, 1.54) is 4.90 Å². The Morgan fingerprint density at radius 1 is 1.52 bits per heavy atom. The number of carbonyl (C=O) groups excluding carboxylic acids is 1. The highest BCUT2D eigenvalue weighted by molar-refractivity contribution is 5.92. The third kappa shape index (κ3) is 5.07. The van der Waals surface area contributed by atoms with E-state index in [1.807, 2.05) is 0 Å². The fourth-order valence-corrected chi connectivity index (χ4v) is 1.62. The van der Waals surface area contributed by atoms with Crippen molar-refractivity contribution in [2.75, 3.05) is 13.2 Å². The number of rotatable bonds is 5. The minimum atomic E-state index is -0.250. The van der Waals surface area contributed by atoms with E-state index in [0.717, 1.165) is 0 Å². The molecule has 2 aromatic heterocycles. The van der Waals surface area contributed by atoms with Crippen LogP contribution in [0.15, 0.2) is 24.9 Å². The zero-order chi connectivity index (χ0) is 15.7. The highest BCUT2D eigenvalue weighted by Crippen LogP contribution is 2.05. The van der Waals surface area contributed by atoms with Crippen molar-refractivity contribution in [3.63, 3.8) is 0 Å². The SMILES string of the molecule is Cn1cnc(C(=O)N(CCO)Cc2ncc[nH]2)c1.O=CO. The molecule has 0 spiro atoms. The summed E-state index contributed by atoms with van der Waals surface area (Å²) >= 11 is 0. The highest BCUT2D eigenvalue weighted by atomic mass is 16.3. The summed E-state index contributed by atoms with van der Waals surface area (Å²) in [6.07, 6.45) is 6.53. The second kappa shape index (κ2) is 8.48. The minimum Gasteiger partial charge on any atom is -0.483 e. The number of carbonyl (C=O) groups is 2. The number of aromatic nitrogens is 4. The second-order valence-electron chi connectivity index (χ2n) is 4.02. The van der Waals surface area contributed by atoms with Crippen LogP contribution < -0.4 is 0 Å². The molecule has 0 saturated heterocycles. The zero-order valence-corrected chi connectivity index (χ0v) is 11.5. The Balaban J connectivity index is 0.000000677. The molecule has 2 heterocycles. The predicted octanol–water partition coefficient (Wildman–Crippen LogP) is -0.521. The van der Waals surface area contributed by atoms with E-state index in [4.69, 9.17) is 15.0 Å². The van der Waals surface area contributed by atoms with Crippen molar-refractivity contribution in [3.05, 3.63) is 36.4 Å². The molecule has 0 aliphatic carbocycles. The van der Waals surface area contributed by atoms with E-state index >= 15 is 0 Å². The molecule has 0 aliphatic rings. The monoisotopic (exact) mass is 295 g/mol. The van der Waals surface area contributed by atoms with Crippen molar-refractivity contribution in [2.24, 2.45) is 7.05 Å². The lowest BCUT2D eigenvalue weighted by Crippen LogP contribution is -2.33. The number of imidazole rings is 2. The third-order valence-electron chi connectivity index (χ3n) is 2.48. The zero-order valence-electron chi connectivity index (χ0n) is 11.5. The van der Waals surface area contributed by atoms with Crippen LogP contribution in [-0.4, -0.2) is 60.2 Å². The van der Waals surface area contributed by atoms with Crippen LogP contribution in [0.5, 0.6) is 0 Å². The van der Waals surface area contributed by atoms with Gasteiger partial charge in [0.1, 0.15) is 11.5 Å². The van der Waals surface area contributed by atoms with E-state index in [9.17, 15) is 4.79 Å². The number of hydrogen-bond donors (Lipinski definition) is 3. The number of H-pyrrole nitrogens is 1. The molecule has 9 nitrogen and oxygen atoms in total. The Labute approximate surface area is 120 Å². The number of aliphatic hydroxyl groups excluding tert-OH is 1. The molecule has 0 radical (unpaired) electrons. The average molecular weight is 295 g/mol. The summed E-state index contributed by atoms with van der Waals surface area (Å²) in [5, 5.41) is 15.9. The average Bonchev–Trinajstić information content (AvgIpc) is 3.10. The molecule has 2 aromatic rings. The number of aliphatic hydroxyl groups is 1. The number of nitrogens with one attached hydrogen (secondary N) is 1. The summed E-state index contributed by atoms with van der Waals surface area (Å²) in [5.41, 5.74) is 0.359. The van der Waals surface area contributed by atoms with Crippen LogP contribution in [0.3, 0.4) is 0 Å². The minimum absolute atomic E-state index is 0.0979. The van der Waals surface area contributed by atoms with Gasteiger partial charge in [0.25, 0.3) is 12.4 Å². The van der Waals surface area contributed by atoms with Crippen LogP contribution in [0.1, 0.15) is 16.3 Å². The summed E-state index contributed by atoms with van der Waals surface area (Å²) in [5.74, 6) is 0.453. The largest absolute Gasteiger partial charge is 0.483 e. The Bertz CT molecular complexity index is 552. The Hall–Kier alpha value is -2.68. The first-order chi connectivity index (χ1) is 10.1. The van der Waals surface area contributed by atoms with E-state index in [-0.39, 0.29) is 25.5 Å². The molecule has 2 rings (SSSR count). The summed E-state index contributed by atoms with van der Waals surface area (Å²) in [6, 6.07) is 0. The third-order valence-corrected chi connectivity index (χ3v) is 2.48. The highest BCUT2D eigenvalue weighted by Gasteiger charge is 2.18. The van der Waals surface area contributed by atoms with Crippen LogP contribution >= 0.6 is 0 Å². The molecule has 0 aromatic carbocycles. The topological polar surface area (TPSA) is 124 Å². The van der Waals surface area contributed by atoms with Gasteiger partial charge in [-0.05, 0) is 0 Å². The standard InChI is InChI=1S/C11H15N5O2.CH2O2/c1-15-6-9(14-8-15)11(18)16(4-5-17)7-10-12-2-3-13-10;2-1-3/h2-3,6,8,17H,4-5,7H2,1H3,(H,12,13);1H,(H,2,3). The quantitative estimate of drug-likeness (QED) is 0.637. The lowest BCUT2D eigenvalue weighted by atomic mass is 10.3. The fraction of sp³-hybridized carbons (Fsp3) is 0.333. The van der Waals surface area contributed by atoms with Gasteiger partial charge in [-0.25, -0.2) is 9.97 Å². The Kier molecular flexibility index (Phi) is 6.61. The molecule has 0 unspecified atom stereocenters. The Morgan fingerprint density at radius 3 is 2.71 bits per heavy atom. The maximum Gasteiger partial charge on any atom is 0.290 e. The van der Waals surface area contributed by atoms with Crippen LogP contribution in [-0.2, 0) is 18.4 Å². The van der Waals surface area contributed by atoms with Crippen molar-refractivity contribution in [1.82, 2.24) is 24.4 Å². The number of hydrogen-bond acceptors (Lipinski definition) is 5. The lowest BCUT2D eigenvalue weighted by molar-refractivity contribution is -0.122. The van der Waals surface area contributed by atoms with Gasteiger partial charge >= 0.3 is 0 Å². The normalized spacial score (nSPS) is 9.62. The molecule has 0 aliphatic heterocycles. The van der Waals surface area contributed by atoms with Gasteiger partial charge in [-0.2, -0.15) is 0 Å². The summed E-state index contributed by atoms with van der Waals surface area (Å²) in [6.45, 7) is 0.221. The van der Waals surface area contributed by atoms with Gasteiger partial charge in [-0.1, -0.05) is 0 Å². The van der Waals surface area contributed by atoms with Crippen molar-refractivity contribution in [3.8, 4) is 0 Å². The summed E-state index contributed by atoms with van der Waals surface area (Å²) in [4.78, 5) is 33.0. The number of aromatic amines is 1. The van der Waals surface area contributed by atoms with Crippen molar-refractivity contribution >= 4 is 12.4 Å². The van der Waals surface area contributed by atoms with Gasteiger partial charge in [0, 0.05) is 32.2 Å². The molecule has 0 fully saturated rings. The Morgan fingerprint density at radius 2 is 2.24 bits per heavy atom. The van der Waals surface area contributed by atoms with Crippen molar-refractivity contribution in [1.29, 1.82) is 0 Å². The van der Waals surface area contributed by atoms with Gasteiger partial charge in [0.15, 0.2) is 0 Å². The fourth-order valence-electron chi connectivity index (χ4n) is 1.62. The molecule has 114 valence electrons. The number of aryl methyl sites for hydroxylation is 1. The summed E-state index contributed by atoms with van der Waals surface area (Å²) in [7, 11) is 1.80. The van der Waals surface area contributed by atoms with E-state index in [0.29, 0.717) is 18.1 Å². The first-order valence-electron chi connectivity index (χ1n) is 6.06. The molecular formula is C12H17N5O4. The van der Waals surface area contributed by atoms with E-state index in [2.05, 4.69) is 15.0 Å². The van der Waals surface area contributed by atoms with E-state index in [1.54, 1.807) is 36.5 Å². The number of nitrogens with zero attached hydrogens (tertiary/aromatic N) is 4. The molecular weight excluding hydrogens is 278 g/mol. The number of carboxylic acid groups (broad SMARTS) is 1. The molecule has 0 saturated carbocycles. The van der Waals surface area contributed by atoms with Crippen LogP contribution in [0.2, 0.25) is 0 Å². The predicted molar refractivity (Wildman–Crippen MR) is 72.3 cm³/mol. The lowest BCUT2D eigenvalue weighted by Gasteiger charge is -2.19. The van der Waals surface area contributed by atoms with Crippen molar-refractivity contribution in [2.45, 2.75) is 6.54 Å². The molecule has 21 heavy (non-hydrogen) atoms. The van der Waals surface area contributed by atoms with Crippen molar-refractivity contribution < 1.29 is 19.8 Å². The first-order valence-corrected chi connectivity index (χ1v) is 6.06. The molecule has 9 heteroatoms. The molecule has 0 atom stereocenters. The van der Waals surface area contributed by atoms with Crippen LogP contribution in [0.4, 0.5) is 0 Å². The van der Waals surface area contributed by atoms with Gasteiger partial charge in [-0.15, -0.1) is 0 Å². The van der Waals surface area contributed by atoms with Gasteiger partial charge < -0.3 is 24.7 Å².